The van der Waals surface area contributed by atoms with E-state index in [0.29, 0.717) is 0 Å². The minimum absolute atomic E-state index is 0.0566. The van der Waals surface area contributed by atoms with Gasteiger partial charge in [-0.2, -0.15) is 0 Å². The summed E-state index contributed by atoms with van der Waals surface area (Å²) < 4.78 is 14.1. The van der Waals surface area contributed by atoms with Crippen molar-refractivity contribution < 1.29 is 9.50 Å². The van der Waals surface area contributed by atoms with Crippen molar-refractivity contribution in [2.75, 3.05) is 11.9 Å². The van der Waals surface area contributed by atoms with Gasteiger partial charge in [0.05, 0.1) is 12.6 Å². The lowest BCUT2D eigenvalue weighted by Gasteiger charge is -2.20. The third-order valence-electron chi connectivity index (χ3n) is 2.96. The number of halogens is 2. The molecule has 0 heterocycles. The second kappa shape index (κ2) is 6.17. The van der Waals surface area contributed by atoms with E-state index in [9.17, 15) is 9.50 Å². The fourth-order valence-corrected chi connectivity index (χ4v) is 2.43. The fourth-order valence-electron chi connectivity index (χ4n) is 2.03. The lowest BCUT2D eigenvalue weighted by Crippen LogP contribution is -2.16. The van der Waals surface area contributed by atoms with Gasteiger partial charge < -0.3 is 10.4 Å². The number of anilines is 1. The average Bonchev–Trinajstić information content (AvgIpc) is 2.37. The van der Waals surface area contributed by atoms with Crippen LogP contribution in [-0.4, -0.2) is 11.7 Å². The number of rotatable bonds is 4. The van der Waals surface area contributed by atoms with Gasteiger partial charge in [0.1, 0.15) is 5.82 Å². The molecule has 0 amide bonds. The third-order valence-corrected chi connectivity index (χ3v) is 3.45. The van der Waals surface area contributed by atoms with E-state index in [1.807, 2.05) is 31.2 Å². The first kappa shape index (κ1) is 14.0. The summed E-state index contributed by atoms with van der Waals surface area (Å²) in [5.41, 5.74) is 2.61. The van der Waals surface area contributed by atoms with Crippen molar-refractivity contribution in [2.24, 2.45) is 0 Å². The molecule has 0 aliphatic heterocycles. The molecule has 0 saturated carbocycles. The topological polar surface area (TPSA) is 32.3 Å². The summed E-state index contributed by atoms with van der Waals surface area (Å²) in [5, 5.41) is 12.8. The highest BCUT2D eigenvalue weighted by Crippen LogP contribution is 2.24. The number of aliphatic hydroxyl groups is 1. The molecule has 19 heavy (non-hydrogen) atoms. The SMILES string of the molecule is Cc1cc(F)ccc1C(CO)Nc1cccc(Br)c1. The molecule has 0 fully saturated rings. The zero-order valence-electron chi connectivity index (χ0n) is 10.5. The molecule has 2 aromatic rings. The molecule has 2 rings (SSSR count). The van der Waals surface area contributed by atoms with Crippen LogP contribution in [0.3, 0.4) is 0 Å². The maximum atomic E-state index is 13.1. The monoisotopic (exact) mass is 323 g/mol. The molecular formula is C15H15BrFNO. The van der Waals surface area contributed by atoms with E-state index in [1.165, 1.54) is 12.1 Å². The maximum absolute atomic E-state index is 13.1. The molecule has 1 atom stereocenters. The van der Waals surface area contributed by atoms with Crippen LogP contribution in [0.1, 0.15) is 17.2 Å². The van der Waals surface area contributed by atoms with Gasteiger partial charge in [-0.1, -0.05) is 28.1 Å². The quantitative estimate of drug-likeness (QED) is 0.889. The van der Waals surface area contributed by atoms with Gasteiger partial charge >= 0.3 is 0 Å². The molecule has 100 valence electrons. The first-order valence-corrected chi connectivity index (χ1v) is 6.78. The van der Waals surface area contributed by atoms with Crippen LogP contribution < -0.4 is 5.32 Å². The Labute approximate surface area is 120 Å². The number of aryl methyl sites for hydroxylation is 1. The number of aliphatic hydroxyl groups excluding tert-OH is 1. The number of hydrogen-bond donors (Lipinski definition) is 2. The van der Waals surface area contributed by atoms with Crippen molar-refractivity contribution in [3.63, 3.8) is 0 Å². The molecule has 1 unspecified atom stereocenters. The van der Waals surface area contributed by atoms with Gasteiger partial charge in [-0.3, -0.25) is 0 Å². The Hall–Kier alpha value is -1.39. The van der Waals surface area contributed by atoms with Crippen LogP contribution >= 0.6 is 15.9 Å². The van der Waals surface area contributed by atoms with E-state index >= 15 is 0 Å². The summed E-state index contributed by atoms with van der Waals surface area (Å²) in [7, 11) is 0. The van der Waals surface area contributed by atoms with Crippen LogP contribution in [0.5, 0.6) is 0 Å². The van der Waals surface area contributed by atoms with Crippen molar-refractivity contribution in [1.82, 2.24) is 0 Å². The highest BCUT2D eigenvalue weighted by atomic mass is 79.9. The first-order chi connectivity index (χ1) is 9.10. The third kappa shape index (κ3) is 3.55. The minimum Gasteiger partial charge on any atom is -0.394 e. The summed E-state index contributed by atoms with van der Waals surface area (Å²) in [6, 6.07) is 12.0. The predicted octanol–water partition coefficient (Wildman–Crippen LogP) is 4.04. The number of nitrogens with one attached hydrogen (secondary N) is 1. The Bertz CT molecular complexity index is 574. The van der Waals surface area contributed by atoms with Crippen molar-refractivity contribution in [3.8, 4) is 0 Å². The molecule has 0 radical (unpaired) electrons. The van der Waals surface area contributed by atoms with Crippen LogP contribution in [0.4, 0.5) is 10.1 Å². The highest BCUT2D eigenvalue weighted by molar-refractivity contribution is 9.10. The van der Waals surface area contributed by atoms with Gasteiger partial charge in [-0.25, -0.2) is 4.39 Å². The molecule has 2 aromatic carbocycles. The van der Waals surface area contributed by atoms with Crippen LogP contribution in [0, 0.1) is 12.7 Å². The van der Waals surface area contributed by atoms with E-state index in [4.69, 9.17) is 0 Å². The van der Waals surface area contributed by atoms with Gasteiger partial charge in [0.25, 0.3) is 0 Å². The second-order valence-electron chi connectivity index (χ2n) is 4.39. The Morgan fingerprint density at radius 1 is 1.26 bits per heavy atom. The van der Waals surface area contributed by atoms with Crippen LogP contribution in [-0.2, 0) is 0 Å². The Kier molecular flexibility index (Phi) is 4.56. The number of benzene rings is 2. The largest absolute Gasteiger partial charge is 0.394 e. The number of hydrogen-bond acceptors (Lipinski definition) is 2. The summed E-state index contributed by atoms with van der Waals surface area (Å²) in [6.07, 6.45) is 0. The molecule has 0 aliphatic carbocycles. The summed E-state index contributed by atoms with van der Waals surface area (Å²) in [6.45, 7) is 1.78. The Morgan fingerprint density at radius 3 is 2.68 bits per heavy atom. The van der Waals surface area contributed by atoms with Gasteiger partial charge in [0.15, 0.2) is 0 Å². The average molecular weight is 324 g/mol. The van der Waals surface area contributed by atoms with E-state index in [2.05, 4.69) is 21.2 Å². The van der Waals surface area contributed by atoms with Gasteiger partial charge in [-0.15, -0.1) is 0 Å². The van der Waals surface area contributed by atoms with E-state index in [-0.39, 0.29) is 18.5 Å². The summed E-state index contributed by atoms with van der Waals surface area (Å²) in [4.78, 5) is 0. The van der Waals surface area contributed by atoms with Crippen molar-refractivity contribution in [1.29, 1.82) is 0 Å². The molecule has 0 saturated heterocycles. The molecule has 0 aliphatic rings. The molecular weight excluding hydrogens is 309 g/mol. The molecule has 2 N–H and O–H groups in total. The zero-order chi connectivity index (χ0) is 13.8. The second-order valence-corrected chi connectivity index (χ2v) is 5.31. The van der Waals surface area contributed by atoms with Crippen LogP contribution in [0.15, 0.2) is 46.9 Å². The molecule has 0 spiro atoms. The van der Waals surface area contributed by atoms with E-state index in [0.717, 1.165) is 21.3 Å². The molecule has 0 aromatic heterocycles. The standard InChI is InChI=1S/C15H15BrFNO/c1-10-7-12(17)5-6-14(10)15(9-19)18-13-4-2-3-11(16)8-13/h2-8,15,18-19H,9H2,1H3. The normalized spacial score (nSPS) is 12.2. The lowest BCUT2D eigenvalue weighted by molar-refractivity contribution is 0.276. The lowest BCUT2D eigenvalue weighted by atomic mass is 10.0. The predicted molar refractivity (Wildman–Crippen MR) is 78.7 cm³/mol. The van der Waals surface area contributed by atoms with Crippen LogP contribution in [0.25, 0.3) is 0 Å². The summed E-state index contributed by atoms with van der Waals surface area (Å²) in [5.74, 6) is -0.264. The van der Waals surface area contributed by atoms with E-state index in [1.54, 1.807) is 6.07 Å². The van der Waals surface area contributed by atoms with Gasteiger partial charge in [0.2, 0.25) is 0 Å². The Balaban J connectivity index is 2.25. The minimum atomic E-state index is -0.264. The first-order valence-electron chi connectivity index (χ1n) is 5.99. The van der Waals surface area contributed by atoms with Crippen molar-refractivity contribution >= 4 is 21.6 Å². The Morgan fingerprint density at radius 2 is 2.05 bits per heavy atom. The maximum Gasteiger partial charge on any atom is 0.123 e. The molecule has 0 bridgehead atoms. The highest BCUT2D eigenvalue weighted by Gasteiger charge is 2.13. The zero-order valence-corrected chi connectivity index (χ0v) is 12.1. The molecule has 2 nitrogen and oxygen atoms in total. The fraction of sp³-hybridized carbons (Fsp3) is 0.200. The van der Waals surface area contributed by atoms with Crippen LogP contribution in [0.2, 0.25) is 0 Å². The van der Waals surface area contributed by atoms with Gasteiger partial charge in [0, 0.05) is 10.2 Å². The van der Waals surface area contributed by atoms with Gasteiger partial charge in [-0.05, 0) is 48.4 Å². The molecule has 4 heteroatoms. The van der Waals surface area contributed by atoms with Crippen molar-refractivity contribution in [2.45, 2.75) is 13.0 Å². The van der Waals surface area contributed by atoms with E-state index < -0.39 is 0 Å². The van der Waals surface area contributed by atoms with Crippen molar-refractivity contribution in [3.05, 3.63) is 63.9 Å². The summed E-state index contributed by atoms with van der Waals surface area (Å²) >= 11 is 3.40. The smallest absolute Gasteiger partial charge is 0.123 e.